The Morgan fingerprint density at radius 1 is 0.762 bits per heavy atom. The number of aromatic amines is 1. The van der Waals surface area contributed by atoms with Crippen molar-refractivity contribution in [2.75, 3.05) is 0 Å². The summed E-state index contributed by atoms with van der Waals surface area (Å²) in [5.74, 6) is 0. The number of H-pyrrole nitrogens is 1. The van der Waals surface area contributed by atoms with Gasteiger partial charge < -0.3 is 4.98 Å². The van der Waals surface area contributed by atoms with E-state index in [1.54, 1.807) is 0 Å². The van der Waals surface area contributed by atoms with Crippen LogP contribution in [0.1, 0.15) is 0 Å². The molecule has 0 bridgehead atoms. The third kappa shape index (κ3) is 1.91. The summed E-state index contributed by atoms with van der Waals surface area (Å²) < 4.78 is 0. The third-order valence-electron chi connectivity index (χ3n) is 3.63. The van der Waals surface area contributed by atoms with Gasteiger partial charge >= 0.3 is 0 Å². The summed E-state index contributed by atoms with van der Waals surface area (Å²) in [6, 6.07) is 21.2. The monoisotopic (exact) mass is 272 g/mol. The molecule has 4 rings (SSSR count). The normalized spacial score (nSPS) is 11.0. The van der Waals surface area contributed by atoms with Crippen LogP contribution in [-0.2, 0) is 0 Å². The first kappa shape index (κ1) is 11.9. The summed E-state index contributed by atoms with van der Waals surface area (Å²) in [5.41, 5.74) is 3.35. The number of rotatable bonds is 1. The predicted octanol–water partition coefficient (Wildman–Crippen LogP) is 3.74. The van der Waals surface area contributed by atoms with Crippen molar-refractivity contribution in [1.82, 2.24) is 9.97 Å². The maximum absolute atomic E-state index is 12.5. The second kappa shape index (κ2) is 4.56. The van der Waals surface area contributed by atoms with Crippen LogP contribution in [0.3, 0.4) is 0 Å². The molecule has 0 radical (unpaired) electrons. The van der Waals surface area contributed by atoms with Crippen molar-refractivity contribution in [3.8, 4) is 11.3 Å². The zero-order valence-corrected chi connectivity index (χ0v) is 11.2. The van der Waals surface area contributed by atoms with Gasteiger partial charge in [-0.2, -0.15) is 0 Å². The molecule has 0 aliphatic heterocycles. The summed E-state index contributed by atoms with van der Waals surface area (Å²) in [4.78, 5) is 20.3. The second-order valence-corrected chi connectivity index (χ2v) is 4.96. The number of hydrogen-bond donors (Lipinski definition) is 1. The summed E-state index contributed by atoms with van der Waals surface area (Å²) in [6.45, 7) is 0. The van der Waals surface area contributed by atoms with Crippen LogP contribution >= 0.6 is 0 Å². The van der Waals surface area contributed by atoms with Crippen LogP contribution in [0.15, 0.2) is 71.5 Å². The van der Waals surface area contributed by atoms with E-state index in [9.17, 15) is 4.79 Å². The van der Waals surface area contributed by atoms with Crippen molar-refractivity contribution in [2.45, 2.75) is 0 Å². The quantitative estimate of drug-likeness (QED) is 0.536. The lowest BCUT2D eigenvalue weighted by atomic mass is 10.1. The minimum absolute atomic E-state index is 0.0199. The van der Waals surface area contributed by atoms with Crippen molar-refractivity contribution < 1.29 is 0 Å². The summed E-state index contributed by atoms with van der Waals surface area (Å²) >= 11 is 0. The van der Waals surface area contributed by atoms with Gasteiger partial charge in [0.05, 0.1) is 16.6 Å². The summed E-state index contributed by atoms with van der Waals surface area (Å²) in [6.07, 6.45) is 0. The molecule has 0 aliphatic rings. The second-order valence-electron chi connectivity index (χ2n) is 4.96. The maximum Gasteiger partial charge on any atom is 0.198 e. The molecule has 2 aromatic carbocycles. The fourth-order valence-electron chi connectivity index (χ4n) is 2.57. The van der Waals surface area contributed by atoms with Crippen molar-refractivity contribution in [1.29, 1.82) is 0 Å². The van der Waals surface area contributed by atoms with Crippen LogP contribution in [0.25, 0.3) is 33.2 Å². The van der Waals surface area contributed by atoms with E-state index < -0.39 is 0 Å². The van der Waals surface area contributed by atoms with E-state index in [-0.39, 0.29) is 5.43 Å². The van der Waals surface area contributed by atoms with Crippen LogP contribution in [0.4, 0.5) is 0 Å². The molecule has 0 aliphatic carbocycles. The van der Waals surface area contributed by atoms with Gasteiger partial charge in [-0.25, -0.2) is 4.98 Å². The molecule has 0 saturated heterocycles. The Labute approximate surface area is 120 Å². The van der Waals surface area contributed by atoms with Crippen molar-refractivity contribution >= 4 is 21.9 Å². The average molecular weight is 272 g/mol. The first-order valence-electron chi connectivity index (χ1n) is 6.80. The number of benzene rings is 2. The Kier molecular flexibility index (Phi) is 2.57. The van der Waals surface area contributed by atoms with Crippen LogP contribution < -0.4 is 5.43 Å². The smallest absolute Gasteiger partial charge is 0.198 e. The van der Waals surface area contributed by atoms with E-state index in [2.05, 4.69) is 9.97 Å². The molecule has 100 valence electrons. The molecule has 2 aromatic heterocycles. The van der Waals surface area contributed by atoms with E-state index >= 15 is 0 Å². The molecule has 0 spiro atoms. The molecular weight excluding hydrogens is 260 g/mol. The van der Waals surface area contributed by atoms with Crippen molar-refractivity contribution in [3.63, 3.8) is 0 Å². The van der Waals surface area contributed by atoms with Crippen LogP contribution in [0.5, 0.6) is 0 Å². The summed E-state index contributed by atoms with van der Waals surface area (Å²) in [7, 11) is 0. The number of pyridine rings is 2. The number of fused-ring (bicyclic) bond motifs is 2. The Bertz CT molecular complexity index is 1000. The molecule has 21 heavy (non-hydrogen) atoms. The fraction of sp³-hybridized carbons (Fsp3) is 0. The number of hydrogen-bond acceptors (Lipinski definition) is 2. The number of aromatic nitrogens is 2. The average Bonchev–Trinajstić information content (AvgIpc) is 2.55. The molecule has 1 N–H and O–H groups in total. The first-order chi connectivity index (χ1) is 10.3. The largest absolute Gasteiger partial charge is 0.339 e. The van der Waals surface area contributed by atoms with E-state index in [1.165, 1.54) is 0 Å². The third-order valence-corrected chi connectivity index (χ3v) is 3.63. The minimum atomic E-state index is 0.0199. The lowest BCUT2D eigenvalue weighted by Gasteiger charge is -2.05. The van der Waals surface area contributed by atoms with E-state index in [0.717, 1.165) is 16.8 Å². The number of nitrogens with zero attached hydrogens (tertiary/aromatic N) is 1. The van der Waals surface area contributed by atoms with Gasteiger partial charge in [0.2, 0.25) is 0 Å². The number of nitrogens with one attached hydrogen (secondary N) is 1. The van der Waals surface area contributed by atoms with Crippen LogP contribution in [0.2, 0.25) is 0 Å². The standard InChI is InChI=1S/C18H12N2O/c21-17-13-8-4-5-9-16(13)20-18-14(17)10-11-15(19-18)12-6-2-1-3-7-12/h1-11H,(H,19,20,21). The summed E-state index contributed by atoms with van der Waals surface area (Å²) in [5, 5.41) is 1.31. The Morgan fingerprint density at radius 2 is 1.52 bits per heavy atom. The molecular formula is C18H12N2O. The number of para-hydroxylation sites is 1. The Balaban J connectivity index is 2.04. The maximum atomic E-state index is 12.5. The van der Waals surface area contributed by atoms with Gasteiger partial charge in [-0.1, -0.05) is 42.5 Å². The van der Waals surface area contributed by atoms with Gasteiger partial charge in [0.25, 0.3) is 0 Å². The van der Waals surface area contributed by atoms with Gasteiger partial charge in [-0.05, 0) is 24.3 Å². The van der Waals surface area contributed by atoms with Gasteiger partial charge in [0, 0.05) is 10.9 Å². The molecule has 4 aromatic rings. The van der Waals surface area contributed by atoms with E-state index in [4.69, 9.17) is 0 Å². The highest BCUT2D eigenvalue weighted by atomic mass is 16.1. The molecule has 2 heterocycles. The molecule has 0 amide bonds. The molecule has 3 heteroatoms. The molecule has 0 unspecified atom stereocenters. The van der Waals surface area contributed by atoms with E-state index in [1.807, 2.05) is 66.7 Å². The van der Waals surface area contributed by atoms with Gasteiger partial charge in [0.1, 0.15) is 5.65 Å². The van der Waals surface area contributed by atoms with Gasteiger partial charge in [0.15, 0.2) is 5.43 Å². The van der Waals surface area contributed by atoms with Crippen molar-refractivity contribution in [2.24, 2.45) is 0 Å². The van der Waals surface area contributed by atoms with E-state index in [0.29, 0.717) is 16.4 Å². The fourth-order valence-corrected chi connectivity index (χ4v) is 2.57. The zero-order valence-electron chi connectivity index (χ0n) is 11.2. The lowest BCUT2D eigenvalue weighted by molar-refractivity contribution is 1.32. The SMILES string of the molecule is O=c1c2ccccc2[nH]c2nc(-c3ccccc3)ccc12. The highest BCUT2D eigenvalue weighted by Gasteiger charge is 2.07. The van der Waals surface area contributed by atoms with Crippen LogP contribution in [0, 0.1) is 0 Å². The first-order valence-corrected chi connectivity index (χ1v) is 6.80. The zero-order chi connectivity index (χ0) is 14.2. The Morgan fingerprint density at radius 3 is 2.38 bits per heavy atom. The predicted molar refractivity (Wildman–Crippen MR) is 85.3 cm³/mol. The topological polar surface area (TPSA) is 45.8 Å². The Hall–Kier alpha value is -2.94. The van der Waals surface area contributed by atoms with Gasteiger partial charge in [-0.15, -0.1) is 0 Å². The molecule has 0 saturated carbocycles. The molecule has 0 atom stereocenters. The van der Waals surface area contributed by atoms with Crippen LogP contribution in [-0.4, -0.2) is 9.97 Å². The molecule has 0 fully saturated rings. The lowest BCUT2D eigenvalue weighted by Crippen LogP contribution is -2.05. The molecule has 3 nitrogen and oxygen atoms in total. The van der Waals surface area contributed by atoms with Gasteiger partial charge in [-0.3, -0.25) is 4.79 Å². The minimum Gasteiger partial charge on any atom is -0.339 e. The highest BCUT2D eigenvalue weighted by Crippen LogP contribution is 2.20. The van der Waals surface area contributed by atoms with Crippen molar-refractivity contribution in [3.05, 3.63) is 77.0 Å². The highest BCUT2D eigenvalue weighted by molar-refractivity contribution is 5.91.